The number of carbonyl (C=O) groups is 1. The Balaban J connectivity index is 1.46. The van der Waals surface area contributed by atoms with Gasteiger partial charge in [-0.15, -0.1) is 5.10 Å². The molecule has 1 saturated heterocycles. The molecule has 0 radical (unpaired) electrons. The molecule has 0 aromatic carbocycles. The van der Waals surface area contributed by atoms with E-state index in [0.29, 0.717) is 24.0 Å². The van der Waals surface area contributed by atoms with Crippen molar-refractivity contribution in [2.24, 2.45) is 7.05 Å². The van der Waals surface area contributed by atoms with Crippen LogP contribution in [0.1, 0.15) is 72.2 Å². The largest absolute Gasteiger partial charge is 0.345 e. The molecule has 2 aliphatic rings. The number of nitrogens with zero attached hydrogens (tertiary/aromatic N) is 6. The maximum absolute atomic E-state index is 12.8. The predicted molar refractivity (Wildman–Crippen MR) is 97.5 cm³/mol. The molecule has 2 aromatic heterocycles. The van der Waals surface area contributed by atoms with Crippen molar-refractivity contribution in [2.75, 3.05) is 13.1 Å². The maximum atomic E-state index is 12.8. The van der Waals surface area contributed by atoms with Crippen LogP contribution in [0.3, 0.4) is 0 Å². The van der Waals surface area contributed by atoms with Gasteiger partial charge in [-0.05, 0) is 43.6 Å². The first-order valence-corrected chi connectivity index (χ1v) is 10.1. The summed E-state index contributed by atoms with van der Waals surface area (Å²) in [5, 5.41) is 8.60. The summed E-state index contributed by atoms with van der Waals surface area (Å²) in [6.45, 7) is 3.44. The van der Waals surface area contributed by atoms with E-state index < -0.39 is 0 Å². The molecule has 0 unspecified atom stereocenters. The lowest BCUT2D eigenvalue weighted by Gasteiger charge is -2.31. The van der Waals surface area contributed by atoms with Gasteiger partial charge in [-0.2, -0.15) is 5.10 Å². The number of amides is 1. The molecule has 0 N–H and O–H groups in total. The predicted octanol–water partition coefficient (Wildman–Crippen LogP) is 1.74. The maximum Gasteiger partial charge on any atom is 0.345 e. The van der Waals surface area contributed by atoms with Gasteiger partial charge in [-0.25, -0.2) is 9.48 Å². The molecule has 1 amide bonds. The van der Waals surface area contributed by atoms with Crippen LogP contribution in [0.2, 0.25) is 0 Å². The lowest BCUT2D eigenvalue weighted by molar-refractivity contribution is 0.0713. The lowest BCUT2D eigenvalue weighted by Crippen LogP contribution is -2.38. The van der Waals surface area contributed by atoms with Crippen LogP contribution in [-0.2, 0) is 13.5 Å². The highest BCUT2D eigenvalue weighted by molar-refractivity contribution is 7.08. The van der Waals surface area contributed by atoms with Crippen molar-refractivity contribution in [1.82, 2.24) is 28.8 Å². The Labute approximate surface area is 156 Å². The van der Waals surface area contributed by atoms with E-state index in [4.69, 9.17) is 0 Å². The van der Waals surface area contributed by atoms with Crippen molar-refractivity contribution in [3.8, 4) is 0 Å². The third-order valence-corrected chi connectivity index (χ3v) is 6.03. The topological polar surface area (TPSA) is 85.9 Å². The monoisotopic (exact) mass is 376 g/mol. The summed E-state index contributed by atoms with van der Waals surface area (Å²) in [5.41, 5.74) is 0.804. The van der Waals surface area contributed by atoms with E-state index in [1.54, 1.807) is 7.05 Å². The summed E-state index contributed by atoms with van der Waals surface area (Å²) < 4.78 is 7.30. The number of rotatable bonds is 5. The van der Waals surface area contributed by atoms with E-state index in [2.05, 4.69) is 21.6 Å². The molecule has 9 heteroatoms. The van der Waals surface area contributed by atoms with E-state index >= 15 is 0 Å². The molecule has 1 aliphatic carbocycles. The average Bonchev–Trinajstić information content (AvgIpc) is 3.30. The van der Waals surface area contributed by atoms with E-state index in [1.807, 2.05) is 9.47 Å². The zero-order chi connectivity index (χ0) is 18.3. The van der Waals surface area contributed by atoms with Crippen LogP contribution in [0, 0.1) is 0 Å². The van der Waals surface area contributed by atoms with Crippen LogP contribution in [0.4, 0.5) is 0 Å². The van der Waals surface area contributed by atoms with Crippen LogP contribution in [-0.4, -0.2) is 47.8 Å². The Bertz CT molecular complexity index is 857. The van der Waals surface area contributed by atoms with Crippen molar-refractivity contribution in [3.63, 3.8) is 0 Å². The molecule has 2 aromatic rings. The second-order valence-corrected chi connectivity index (χ2v) is 7.98. The summed E-state index contributed by atoms with van der Waals surface area (Å²) in [7, 11) is 1.72. The molecule has 26 heavy (non-hydrogen) atoms. The Hall–Kier alpha value is -2.03. The van der Waals surface area contributed by atoms with Crippen LogP contribution < -0.4 is 5.69 Å². The molecule has 2 fully saturated rings. The van der Waals surface area contributed by atoms with Gasteiger partial charge in [0.2, 0.25) is 0 Å². The van der Waals surface area contributed by atoms with Crippen molar-refractivity contribution >= 4 is 17.4 Å². The van der Waals surface area contributed by atoms with Gasteiger partial charge in [0.25, 0.3) is 5.91 Å². The highest BCUT2D eigenvalue weighted by Crippen LogP contribution is 2.37. The van der Waals surface area contributed by atoms with Gasteiger partial charge >= 0.3 is 5.69 Å². The summed E-state index contributed by atoms with van der Waals surface area (Å²) in [6.07, 6.45) is 5.54. The van der Waals surface area contributed by atoms with Crippen molar-refractivity contribution in [3.05, 3.63) is 26.9 Å². The molecule has 1 saturated carbocycles. The highest BCUT2D eigenvalue weighted by Gasteiger charge is 2.34. The smallest absolute Gasteiger partial charge is 0.338 e. The van der Waals surface area contributed by atoms with Gasteiger partial charge < -0.3 is 4.90 Å². The minimum atomic E-state index is -0.0130. The zero-order valence-electron chi connectivity index (χ0n) is 15.2. The van der Waals surface area contributed by atoms with Gasteiger partial charge in [-0.3, -0.25) is 9.36 Å². The molecule has 8 nitrogen and oxygen atoms in total. The third-order valence-electron chi connectivity index (χ3n) is 5.28. The number of aromatic nitrogens is 5. The summed E-state index contributed by atoms with van der Waals surface area (Å²) in [6, 6.07) is 0.325. The normalized spacial score (nSPS) is 18.5. The fourth-order valence-electron chi connectivity index (χ4n) is 3.71. The fourth-order valence-corrected chi connectivity index (χ4v) is 4.39. The molecule has 140 valence electrons. The highest BCUT2D eigenvalue weighted by atomic mass is 32.1. The first-order valence-electron chi connectivity index (χ1n) is 9.36. The number of carbonyl (C=O) groups excluding carboxylic acids is 1. The third kappa shape index (κ3) is 3.08. The van der Waals surface area contributed by atoms with Crippen molar-refractivity contribution < 1.29 is 4.79 Å². The Morgan fingerprint density at radius 1 is 1.23 bits per heavy atom. The minimum Gasteiger partial charge on any atom is -0.338 e. The molecule has 0 spiro atoms. The number of piperidine rings is 1. The van der Waals surface area contributed by atoms with Crippen LogP contribution >= 0.6 is 11.5 Å². The standard InChI is InChI=1S/C17H24N6O2S/c1-3-4-13-14(26-20-18-13)16(24)22-9-7-11(8-10-22)15-19-21(2)17(25)23(15)12-5-6-12/h11-12H,3-10H2,1-2H3. The summed E-state index contributed by atoms with van der Waals surface area (Å²) in [4.78, 5) is 27.7. The quantitative estimate of drug-likeness (QED) is 0.793. The van der Waals surface area contributed by atoms with Crippen molar-refractivity contribution in [2.45, 2.75) is 57.4 Å². The Morgan fingerprint density at radius 2 is 1.96 bits per heavy atom. The summed E-state index contributed by atoms with van der Waals surface area (Å²) in [5.74, 6) is 1.18. The second-order valence-electron chi connectivity index (χ2n) is 7.23. The Morgan fingerprint density at radius 3 is 2.62 bits per heavy atom. The fraction of sp³-hybridized carbons (Fsp3) is 0.706. The summed E-state index contributed by atoms with van der Waals surface area (Å²) >= 11 is 1.19. The minimum absolute atomic E-state index is 0.0130. The first kappa shape index (κ1) is 17.4. The second kappa shape index (κ2) is 6.94. The van der Waals surface area contributed by atoms with Gasteiger partial charge in [-0.1, -0.05) is 17.8 Å². The van der Waals surface area contributed by atoms with E-state index in [9.17, 15) is 9.59 Å². The number of aryl methyl sites for hydroxylation is 2. The lowest BCUT2D eigenvalue weighted by atomic mass is 9.95. The number of likely N-dealkylation sites (tertiary alicyclic amines) is 1. The molecule has 4 rings (SSSR count). The van der Waals surface area contributed by atoms with Crippen LogP contribution in [0.5, 0.6) is 0 Å². The van der Waals surface area contributed by atoms with Gasteiger partial charge in [0.1, 0.15) is 10.7 Å². The molecule has 3 heterocycles. The van der Waals surface area contributed by atoms with E-state index in [1.165, 1.54) is 16.2 Å². The van der Waals surface area contributed by atoms with Crippen molar-refractivity contribution in [1.29, 1.82) is 0 Å². The SMILES string of the molecule is CCCc1nnsc1C(=O)N1CCC(c2nn(C)c(=O)n2C2CC2)CC1. The van der Waals surface area contributed by atoms with Gasteiger partial charge in [0.05, 0.1) is 5.69 Å². The molecule has 1 aliphatic heterocycles. The van der Waals surface area contributed by atoms with E-state index in [0.717, 1.165) is 50.0 Å². The van der Waals surface area contributed by atoms with E-state index in [-0.39, 0.29) is 17.5 Å². The first-order chi connectivity index (χ1) is 12.6. The number of hydrogen-bond donors (Lipinski definition) is 0. The molecule has 0 bridgehead atoms. The van der Waals surface area contributed by atoms with Crippen LogP contribution in [0.25, 0.3) is 0 Å². The average molecular weight is 376 g/mol. The van der Waals surface area contributed by atoms with Gasteiger partial charge in [0, 0.05) is 32.1 Å². The number of hydrogen-bond acceptors (Lipinski definition) is 6. The van der Waals surface area contributed by atoms with Crippen LogP contribution in [0.15, 0.2) is 4.79 Å². The van der Waals surface area contributed by atoms with Gasteiger partial charge in [0.15, 0.2) is 0 Å². The molecular weight excluding hydrogens is 352 g/mol. The molecule has 0 atom stereocenters. The molecular formula is C17H24N6O2S. The Kier molecular flexibility index (Phi) is 4.64. The zero-order valence-corrected chi connectivity index (χ0v) is 16.0.